The Morgan fingerprint density at radius 1 is 1.32 bits per heavy atom. The van der Waals surface area contributed by atoms with Crippen LogP contribution in [0.1, 0.15) is 25.1 Å². The topological polar surface area (TPSA) is 77.5 Å². The Labute approximate surface area is 158 Å². The molecule has 1 N–H and O–H groups in total. The number of ether oxygens (including phenoxy) is 2. The molecular weight excluding hydrogens is 408 g/mol. The van der Waals surface area contributed by atoms with Gasteiger partial charge in [-0.15, -0.1) is 11.3 Å². The van der Waals surface area contributed by atoms with Crippen LogP contribution in [0.25, 0.3) is 0 Å². The molecule has 1 amide bonds. The van der Waals surface area contributed by atoms with Crippen molar-refractivity contribution >= 4 is 44.3 Å². The Bertz CT molecular complexity index is 748. The maximum absolute atomic E-state index is 12.0. The van der Waals surface area contributed by atoms with E-state index in [9.17, 15) is 9.59 Å². The Morgan fingerprint density at radius 3 is 2.84 bits per heavy atom. The number of nitrogens with one attached hydrogen (secondary N) is 1. The third-order valence-electron chi connectivity index (χ3n) is 3.19. The third kappa shape index (κ3) is 6.13. The van der Waals surface area contributed by atoms with Crippen LogP contribution in [0.15, 0.2) is 28.1 Å². The van der Waals surface area contributed by atoms with Crippen LogP contribution in [0.3, 0.4) is 0 Å². The van der Waals surface area contributed by atoms with E-state index in [1.807, 2.05) is 25.1 Å². The summed E-state index contributed by atoms with van der Waals surface area (Å²) in [6.07, 6.45) is 0.898. The number of amides is 1. The van der Waals surface area contributed by atoms with Gasteiger partial charge in [0.25, 0.3) is 5.91 Å². The number of thiazole rings is 1. The minimum Gasteiger partial charge on any atom is -0.483 e. The lowest BCUT2D eigenvalue weighted by molar-refractivity contribution is -0.142. The Hall–Kier alpha value is -1.93. The molecular formula is C17H19BrN2O4S. The van der Waals surface area contributed by atoms with Gasteiger partial charge in [0.2, 0.25) is 0 Å². The summed E-state index contributed by atoms with van der Waals surface area (Å²) >= 11 is 4.67. The molecule has 0 aliphatic heterocycles. The van der Waals surface area contributed by atoms with E-state index in [4.69, 9.17) is 9.47 Å². The van der Waals surface area contributed by atoms with Gasteiger partial charge in [-0.05, 0) is 37.1 Å². The molecule has 0 aliphatic rings. The molecule has 0 unspecified atom stereocenters. The number of esters is 1. The average Bonchev–Trinajstić information content (AvgIpc) is 3.00. The molecule has 1 aromatic carbocycles. The minimum atomic E-state index is -0.337. The number of carbonyl (C=O) groups is 2. The van der Waals surface area contributed by atoms with Crippen LogP contribution in [0.2, 0.25) is 0 Å². The normalized spacial score (nSPS) is 10.4. The lowest BCUT2D eigenvalue weighted by Crippen LogP contribution is -2.20. The van der Waals surface area contributed by atoms with Crippen LogP contribution < -0.4 is 10.1 Å². The van der Waals surface area contributed by atoms with E-state index in [0.29, 0.717) is 23.2 Å². The summed E-state index contributed by atoms with van der Waals surface area (Å²) in [5, 5.41) is 4.82. The molecule has 0 fully saturated rings. The van der Waals surface area contributed by atoms with E-state index in [1.165, 1.54) is 11.3 Å². The number of hydrogen-bond acceptors (Lipinski definition) is 6. The molecule has 2 aromatic rings. The fraction of sp³-hybridized carbons (Fsp3) is 0.353. The summed E-state index contributed by atoms with van der Waals surface area (Å²) in [6.45, 7) is 4.00. The van der Waals surface area contributed by atoms with E-state index < -0.39 is 0 Å². The smallest absolute Gasteiger partial charge is 0.311 e. The van der Waals surface area contributed by atoms with Gasteiger partial charge in [-0.1, -0.05) is 22.9 Å². The van der Waals surface area contributed by atoms with Gasteiger partial charge in [-0.3, -0.25) is 14.9 Å². The molecule has 8 heteroatoms. The maximum Gasteiger partial charge on any atom is 0.311 e. The first-order valence-corrected chi connectivity index (χ1v) is 9.50. The molecule has 0 saturated heterocycles. The van der Waals surface area contributed by atoms with Crippen LogP contribution in [0.4, 0.5) is 5.13 Å². The van der Waals surface area contributed by atoms with Gasteiger partial charge in [-0.25, -0.2) is 4.98 Å². The van der Waals surface area contributed by atoms with E-state index >= 15 is 0 Å². The molecule has 0 saturated carbocycles. The molecule has 0 spiro atoms. The number of nitrogens with zero attached hydrogens (tertiary/aromatic N) is 1. The van der Waals surface area contributed by atoms with Crippen molar-refractivity contribution in [3.05, 3.63) is 39.3 Å². The van der Waals surface area contributed by atoms with E-state index in [0.717, 1.165) is 16.5 Å². The van der Waals surface area contributed by atoms with Crippen LogP contribution in [-0.4, -0.2) is 30.1 Å². The van der Waals surface area contributed by atoms with Crippen molar-refractivity contribution in [2.45, 2.75) is 26.7 Å². The quantitative estimate of drug-likeness (QED) is 0.652. The summed E-state index contributed by atoms with van der Waals surface area (Å²) < 4.78 is 11.4. The van der Waals surface area contributed by atoms with Gasteiger partial charge in [0.15, 0.2) is 11.7 Å². The number of hydrogen-bond donors (Lipinski definition) is 1. The number of halogens is 1. The standard InChI is InChI=1S/C17H19BrN2O4S/c1-3-11-7-12(18)5-6-14(11)24-9-15(21)20-17-19-13(10-25-17)8-16(22)23-4-2/h5-7,10H,3-4,8-9H2,1-2H3,(H,19,20,21). The zero-order chi connectivity index (χ0) is 18.2. The lowest BCUT2D eigenvalue weighted by Gasteiger charge is -2.10. The van der Waals surface area contributed by atoms with Crippen molar-refractivity contribution in [3.63, 3.8) is 0 Å². The minimum absolute atomic E-state index is 0.0927. The first kappa shape index (κ1) is 19.4. The van der Waals surface area contributed by atoms with Crippen molar-refractivity contribution in [2.24, 2.45) is 0 Å². The fourth-order valence-electron chi connectivity index (χ4n) is 2.07. The van der Waals surface area contributed by atoms with Crippen molar-refractivity contribution in [1.29, 1.82) is 0 Å². The Balaban J connectivity index is 1.86. The first-order valence-electron chi connectivity index (χ1n) is 7.83. The molecule has 6 nitrogen and oxygen atoms in total. The Morgan fingerprint density at radius 2 is 2.12 bits per heavy atom. The van der Waals surface area contributed by atoms with Crippen LogP contribution in [-0.2, 0) is 27.2 Å². The molecule has 0 atom stereocenters. The molecule has 25 heavy (non-hydrogen) atoms. The fourth-order valence-corrected chi connectivity index (χ4v) is 3.20. The number of benzene rings is 1. The Kier molecular flexibility index (Phi) is 7.39. The van der Waals surface area contributed by atoms with E-state index in [1.54, 1.807) is 12.3 Å². The summed E-state index contributed by atoms with van der Waals surface area (Å²) in [5.41, 5.74) is 1.59. The summed E-state index contributed by atoms with van der Waals surface area (Å²) in [6, 6.07) is 5.67. The van der Waals surface area contributed by atoms with Crippen LogP contribution >= 0.6 is 27.3 Å². The first-order chi connectivity index (χ1) is 12.0. The third-order valence-corrected chi connectivity index (χ3v) is 4.49. The largest absolute Gasteiger partial charge is 0.483 e. The number of carbonyl (C=O) groups excluding carboxylic acids is 2. The number of aromatic nitrogens is 1. The van der Waals surface area contributed by atoms with Crippen molar-refractivity contribution in [3.8, 4) is 5.75 Å². The summed E-state index contributed by atoms with van der Waals surface area (Å²) in [7, 11) is 0. The molecule has 0 radical (unpaired) electrons. The highest BCUT2D eigenvalue weighted by Gasteiger charge is 2.11. The number of rotatable bonds is 8. The van der Waals surface area contributed by atoms with Gasteiger partial charge in [0.05, 0.1) is 18.7 Å². The molecule has 2 rings (SSSR count). The highest BCUT2D eigenvalue weighted by atomic mass is 79.9. The number of aryl methyl sites for hydroxylation is 1. The lowest BCUT2D eigenvalue weighted by atomic mass is 10.1. The predicted octanol–water partition coefficient (Wildman–Crippen LogP) is 3.59. The highest BCUT2D eigenvalue weighted by molar-refractivity contribution is 9.10. The zero-order valence-corrected chi connectivity index (χ0v) is 16.4. The SMILES string of the molecule is CCOC(=O)Cc1csc(NC(=O)COc2ccc(Br)cc2CC)n1. The van der Waals surface area contributed by atoms with E-state index in [-0.39, 0.29) is 24.9 Å². The van der Waals surface area contributed by atoms with Crippen molar-refractivity contribution < 1.29 is 19.1 Å². The highest BCUT2D eigenvalue weighted by Crippen LogP contribution is 2.24. The van der Waals surface area contributed by atoms with Gasteiger partial charge in [0.1, 0.15) is 5.75 Å². The summed E-state index contributed by atoms with van der Waals surface area (Å²) in [4.78, 5) is 27.6. The van der Waals surface area contributed by atoms with Gasteiger partial charge < -0.3 is 9.47 Å². The second-order valence-corrected chi connectivity index (χ2v) is 6.84. The number of anilines is 1. The summed E-state index contributed by atoms with van der Waals surface area (Å²) in [5.74, 6) is 0.0429. The van der Waals surface area contributed by atoms with Crippen LogP contribution in [0.5, 0.6) is 5.75 Å². The monoisotopic (exact) mass is 426 g/mol. The molecule has 1 heterocycles. The van der Waals surface area contributed by atoms with Crippen molar-refractivity contribution in [1.82, 2.24) is 4.98 Å². The second kappa shape index (κ2) is 9.53. The van der Waals surface area contributed by atoms with E-state index in [2.05, 4.69) is 26.2 Å². The average molecular weight is 427 g/mol. The van der Waals surface area contributed by atoms with Gasteiger partial charge in [0, 0.05) is 9.85 Å². The zero-order valence-electron chi connectivity index (χ0n) is 14.0. The maximum atomic E-state index is 12.0. The molecule has 0 aliphatic carbocycles. The van der Waals surface area contributed by atoms with Crippen molar-refractivity contribution in [2.75, 3.05) is 18.5 Å². The second-order valence-electron chi connectivity index (χ2n) is 5.07. The molecule has 0 bridgehead atoms. The van der Waals surface area contributed by atoms with Gasteiger partial charge in [-0.2, -0.15) is 0 Å². The molecule has 1 aromatic heterocycles. The van der Waals surface area contributed by atoms with Gasteiger partial charge >= 0.3 is 5.97 Å². The molecule has 134 valence electrons. The van der Waals surface area contributed by atoms with Crippen LogP contribution in [0, 0.1) is 0 Å². The predicted molar refractivity (Wildman–Crippen MR) is 100 cm³/mol.